The highest BCUT2D eigenvalue weighted by Crippen LogP contribution is 2.47. The molecule has 1 aliphatic rings. The fourth-order valence-corrected chi connectivity index (χ4v) is 7.23. The Morgan fingerprint density at radius 3 is 2.39 bits per heavy atom. The van der Waals surface area contributed by atoms with Crippen molar-refractivity contribution in [2.75, 3.05) is 35.7 Å². The summed E-state index contributed by atoms with van der Waals surface area (Å²) in [7, 11) is -2.87. The molecule has 0 spiro atoms. The van der Waals surface area contributed by atoms with E-state index in [-0.39, 0.29) is 67.3 Å². The molecule has 0 radical (unpaired) electrons. The molecule has 3 N–H and O–H groups in total. The van der Waals surface area contributed by atoms with E-state index in [4.69, 9.17) is 9.47 Å². The van der Waals surface area contributed by atoms with Crippen LogP contribution in [0.15, 0.2) is 91.0 Å². The van der Waals surface area contributed by atoms with E-state index in [2.05, 4.69) is 10.6 Å². The highest BCUT2D eigenvalue weighted by molar-refractivity contribution is 7.92. The number of nitrogens with one attached hydrogen (secondary N) is 2. The standard InChI is InChI=1S/C38H39F3N4O8S/c1-52-29-14-7-13-28(21-29)45(54(2,50)51)36-33(53-24-46)17-16-30(35(36)44-18-8-15-34(44)48)37(49)43-31(20-25-9-4-3-5-10-25)32(47)23-42-22-26-11-6-12-27(19-26)38(39,40)41/h3-7,9-14,16-17,19,21,24,31-32,42,47H,8,15,18,20,22-23H2,1-2H3,(H,43,49)/t31-,32+/m0/s1. The summed E-state index contributed by atoms with van der Waals surface area (Å²) < 4.78 is 78.4. The monoisotopic (exact) mass is 768 g/mol. The molecule has 286 valence electrons. The van der Waals surface area contributed by atoms with Crippen LogP contribution in [0.5, 0.6) is 11.5 Å². The average molecular weight is 769 g/mol. The maximum absolute atomic E-state index is 14.4. The number of rotatable bonds is 16. The summed E-state index contributed by atoms with van der Waals surface area (Å²) in [5, 5.41) is 17.2. The van der Waals surface area contributed by atoms with E-state index >= 15 is 0 Å². The normalized spacial score (nSPS) is 14.3. The second-order valence-electron chi connectivity index (χ2n) is 12.6. The molecule has 4 aromatic carbocycles. The Bertz CT molecular complexity index is 2080. The summed E-state index contributed by atoms with van der Waals surface area (Å²) in [6, 6.07) is 21.3. The number of sulfonamides is 1. The van der Waals surface area contributed by atoms with E-state index in [9.17, 15) is 41.1 Å². The lowest BCUT2D eigenvalue weighted by Crippen LogP contribution is -2.49. The van der Waals surface area contributed by atoms with Gasteiger partial charge in [0.2, 0.25) is 15.9 Å². The number of hydrogen-bond acceptors (Lipinski definition) is 9. The van der Waals surface area contributed by atoms with E-state index in [0.717, 1.165) is 28.3 Å². The minimum absolute atomic E-state index is 0.0125. The van der Waals surface area contributed by atoms with Gasteiger partial charge in [-0.2, -0.15) is 13.2 Å². The van der Waals surface area contributed by atoms with Gasteiger partial charge in [0, 0.05) is 32.1 Å². The first kappa shape index (κ1) is 39.8. The number of methoxy groups -OCH3 is 1. The minimum Gasteiger partial charge on any atom is -0.497 e. The van der Waals surface area contributed by atoms with E-state index in [0.29, 0.717) is 17.7 Å². The fourth-order valence-electron chi connectivity index (χ4n) is 6.23. The Hall–Kier alpha value is -5.45. The van der Waals surface area contributed by atoms with E-state index in [1.54, 1.807) is 42.5 Å². The van der Waals surface area contributed by atoms with Crippen molar-refractivity contribution in [3.05, 3.63) is 113 Å². The number of carbonyl (C=O) groups is 3. The van der Waals surface area contributed by atoms with Crippen LogP contribution in [0.25, 0.3) is 0 Å². The second-order valence-corrected chi connectivity index (χ2v) is 14.4. The predicted molar refractivity (Wildman–Crippen MR) is 195 cm³/mol. The molecule has 2 amide bonds. The molecule has 1 fully saturated rings. The molecule has 0 aliphatic carbocycles. The van der Waals surface area contributed by atoms with Crippen molar-refractivity contribution in [1.82, 2.24) is 10.6 Å². The summed E-state index contributed by atoms with van der Waals surface area (Å²) >= 11 is 0. The van der Waals surface area contributed by atoms with Crippen LogP contribution >= 0.6 is 0 Å². The smallest absolute Gasteiger partial charge is 0.416 e. The molecule has 0 aromatic heterocycles. The first-order valence-electron chi connectivity index (χ1n) is 16.8. The van der Waals surface area contributed by atoms with Gasteiger partial charge in [0.05, 0.1) is 48.0 Å². The van der Waals surface area contributed by atoms with Gasteiger partial charge < -0.3 is 30.1 Å². The number of carbonyl (C=O) groups excluding carboxylic acids is 3. The summed E-state index contributed by atoms with van der Waals surface area (Å²) in [5.74, 6) is -1.16. The molecule has 1 aliphatic heterocycles. The Labute approximate surface area is 310 Å². The molecule has 0 saturated carbocycles. The summed E-state index contributed by atoms with van der Waals surface area (Å²) in [5.41, 5.74) is -0.251. The second kappa shape index (κ2) is 17.1. The third-order valence-corrected chi connectivity index (χ3v) is 9.77. The lowest BCUT2D eigenvalue weighted by atomic mass is 9.99. The van der Waals surface area contributed by atoms with Crippen LogP contribution in [0.3, 0.4) is 0 Å². The number of halogens is 3. The van der Waals surface area contributed by atoms with Crippen LogP contribution in [-0.4, -0.2) is 70.4 Å². The number of benzene rings is 4. The first-order chi connectivity index (χ1) is 25.7. The zero-order chi connectivity index (χ0) is 39.0. The quantitative estimate of drug-likeness (QED) is 0.134. The highest BCUT2D eigenvalue weighted by atomic mass is 32.2. The van der Waals surface area contributed by atoms with Crippen molar-refractivity contribution in [2.45, 2.75) is 44.1 Å². The molecule has 4 aromatic rings. The first-order valence-corrected chi connectivity index (χ1v) is 18.7. The average Bonchev–Trinajstić information content (AvgIpc) is 3.56. The van der Waals surface area contributed by atoms with Crippen LogP contribution < -0.4 is 29.3 Å². The summed E-state index contributed by atoms with van der Waals surface area (Å²) in [4.78, 5) is 40.7. The number of hydrogen-bond donors (Lipinski definition) is 3. The van der Waals surface area contributed by atoms with Gasteiger partial charge in [-0.25, -0.2) is 12.7 Å². The van der Waals surface area contributed by atoms with Crippen molar-refractivity contribution < 1.29 is 50.6 Å². The van der Waals surface area contributed by atoms with E-state index < -0.39 is 45.7 Å². The number of ether oxygens (including phenoxy) is 2. The minimum atomic E-state index is -4.52. The van der Waals surface area contributed by atoms with Gasteiger partial charge >= 0.3 is 6.18 Å². The van der Waals surface area contributed by atoms with Crippen molar-refractivity contribution in [1.29, 1.82) is 0 Å². The van der Waals surface area contributed by atoms with E-state index in [1.807, 2.05) is 0 Å². The number of alkyl halides is 3. The van der Waals surface area contributed by atoms with Crippen LogP contribution in [-0.2, 0) is 38.8 Å². The number of amides is 2. The molecular formula is C38H39F3N4O8S. The Kier molecular flexibility index (Phi) is 12.6. The van der Waals surface area contributed by atoms with Gasteiger partial charge in [0.25, 0.3) is 12.4 Å². The maximum Gasteiger partial charge on any atom is 0.416 e. The molecule has 2 atom stereocenters. The maximum atomic E-state index is 14.4. The molecule has 1 saturated heterocycles. The molecule has 5 rings (SSSR count). The highest BCUT2D eigenvalue weighted by Gasteiger charge is 2.37. The molecule has 0 bridgehead atoms. The fraction of sp³-hybridized carbons (Fsp3) is 0.289. The number of aliphatic hydroxyl groups is 1. The lowest BCUT2D eigenvalue weighted by Gasteiger charge is -2.31. The third-order valence-electron chi connectivity index (χ3n) is 8.72. The number of nitrogens with zero attached hydrogens (tertiary/aromatic N) is 2. The topological polar surface area (TPSA) is 155 Å². The van der Waals surface area contributed by atoms with Gasteiger partial charge in [-0.05, 0) is 54.3 Å². The largest absolute Gasteiger partial charge is 0.497 e. The predicted octanol–water partition coefficient (Wildman–Crippen LogP) is 4.97. The van der Waals surface area contributed by atoms with Gasteiger partial charge in [0.1, 0.15) is 11.4 Å². The SMILES string of the molecule is COc1cccc(N(c2c(OC=O)ccc(C(=O)N[C@@H](Cc3ccccc3)[C@H](O)CNCc3cccc(C(F)(F)F)c3)c2N2CCCC2=O)S(C)(=O)=O)c1. The lowest BCUT2D eigenvalue weighted by molar-refractivity contribution is -0.137. The molecular weight excluding hydrogens is 729 g/mol. The van der Waals surface area contributed by atoms with Gasteiger partial charge in [-0.1, -0.05) is 54.6 Å². The van der Waals surface area contributed by atoms with Crippen molar-refractivity contribution >= 4 is 45.4 Å². The van der Waals surface area contributed by atoms with E-state index in [1.165, 1.54) is 48.4 Å². The van der Waals surface area contributed by atoms with Crippen molar-refractivity contribution in [3.63, 3.8) is 0 Å². The summed E-state index contributed by atoms with van der Waals surface area (Å²) in [6.07, 6.45) is -4.28. The molecule has 0 unspecified atom stereocenters. The Morgan fingerprint density at radius 2 is 1.74 bits per heavy atom. The van der Waals surface area contributed by atoms with Crippen LogP contribution in [0, 0.1) is 0 Å². The Morgan fingerprint density at radius 1 is 1.02 bits per heavy atom. The van der Waals surface area contributed by atoms with Crippen LogP contribution in [0.1, 0.15) is 39.9 Å². The number of anilines is 3. The van der Waals surface area contributed by atoms with Gasteiger partial charge in [0.15, 0.2) is 5.75 Å². The molecule has 54 heavy (non-hydrogen) atoms. The van der Waals surface area contributed by atoms with Crippen LogP contribution in [0.2, 0.25) is 0 Å². The molecule has 12 nitrogen and oxygen atoms in total. The zero-order valence-electron chi connectivity index (χ0n) is 29.4. The van der Waals surface area contributed by atoms with Gasteiger partial charge in [-0.15, -0.1) is 0 Å². The Balaban J connectivity index is 1.55. The third kappa shape index (κ3) is 9.55. The van der Waals surface area contributed by atoms with Crippen molar-refractivity contribution in [2.24, 2.45) is 0 Å². The summed E-state index contributed by atoms with van der Waals surface area (Å²) in [6.45, 7) is 0.0582. The molecule has 1 heterocycles. The molecule has 16 heteroatoms. The van der Waals surface area contributed by atoms with Crippen LogP contribution in [0.4, 0.5) is 30.2 Å². The number of aliphatic hydroxyl groups excluding tert-OH is 1. The van der Waals surface area contributed by atoms with Gasteiger partial charge in [-0.3, -0.25) is 14.4 Å². The zero-order valence-corrected chi connectivity index (χ0v) is 30.2. The van der Waals surface area contributed by atoms with Crippen molar-refractivity contribution in [3.8, 4) is 11.5 Å².